The molecular weight excluding hydrogens is 371 g/mol. The summed E-state index contributed by atoms with van der Waals surface area (Å²) < 4.78 is 13.9. The Morgan fingerprint density at radius 2 is 2.11 bits per heavy atom. The summed E-state index contributed by atoms with van der Waals surface area (Å²) in [7, 11) is 0. The fourth-order valence-electron chi connectivity index (χ4n) is 1.22. The fraction of sp³-hybridized carbons (Fsp3) is 0. The van der Waals surface area contributed by atoms with Gasteiger partial charge in [0.15, 0.2) is 0 Å². The first-order chi connectivity index (χ1) is 8.56. The van der Waals surface area contributed by atoms with Gasteiger partial charge in [-0.2, -0.15) is 0 Å². The van der Waals surface area contributed by atoms with Crippen LogP contribution in [0.25, 0.3) is 0 Å². The lowest BCUT2D eigenvalue weighted by molar-refractivity contribution is 0.102. The van der Waals surface area contributed by atoms with E-state index in [1.807, 2.05) is 0 Å². The normalized spacial score (nSPS) is 10.2. The zero-order valence-corrected chi connectivity index (χ0v) is 11.7. The summed E-state index contributed by atoms with van der Waals surface area (Å²) in [4.78, 5) is 19.4. The van der Waals surface area contributed by atoms with Crippen LogP contribution >= 0.6 is 34.2 Å². The minimum atomic E-state index is -0.625. The number of aromatic nitrogens is 2. The van der Waals surface area contributed by atoms with E-state index in [1.165, 1.54) is 0 Å². The molecule has 2 aromatic rings. The highest BCUT2D eigenvalue weighted by Crippen LogP contribution is 2.15. The van der Waals surface area contributed by atoms with Crippen LogP contribution in [-0.2, 0) is 0 Å². The Morgan fingerprint density at radius 1 is 1.33 bits per heavy atom. The first-order valence-corrected chi connectivity index (χ1v) is 6.26. The van der Waals surface area contributed by atoms with Crippen LogP contribution in [0.4, 0.5) is 10.2 Å². The summed E-state index contributed by atoms with van der Waals surface area (Å²) in [6.45, 7) is 0. The Morgan fingerprint density at radius 3 is 2.78 bits per heavy atom. The fourth-order valence-corrected chi connectivity index (χ4v) is 1.72. The molecule has 0 aliphatic heterocycles. The SMILES string of the molecule is O=C(Nc1ccc(I)cn1)c1cc(F)cnc1Cl. The number of pyridine rings is 2. The van der Waals surface area contributed by atoms with E-state index in [1.54, 1.807) is 18.3 Å². The number of amides is 1. The van der Waals surface area contributed by atoms with Gasteiger partial charge in [-0.1, -0.05) is 11.6 Å². The van der Waals surface area contributed by atoms with Crippen molar-refractivity contribution in [2.75, 3.05) is 5.32 Å². The van der Waals surface area contributed by atoms with Crippen LogP contribution in [0, 0.1) is 9.39 Å². The highest BCUT2D eigenvalue weighted by Gasteiger charge is 2.13. The lowest BCUT2D eigenvalue weighted by Crippen LogP contribution is -2.14. The topological polar surface area (TPSA) is 54.9 Å². The minimum Gasteiger partial charge on any atom is -0.306 e. The Kier molecular flexibility index (Phi) is 4.07. The monoisotopic (exact) mass is 377 g/mol. The summed E-state index contributed by atoms with van der Waals surface area (Å²) in [5.74, 6) is -0.818. The van der Waals surface area contributed by atoms with Gasteiger partial charge in [-0.3, -0.25) is 4.79 Å². The number of hydrogen-bond donors (Lipinski definition) is 1. The Labute approximate surface area is 121 Å². The third kappa shape index (κ3) is 3.14. The van der Waals surface area contributed by atoms with Crippen LogP contribution in [0.15, 0.2) is 30.6 Å². The molecule has 2 aromatic heterocycles. The molecule has 2 rings (SSSR count). The van der Waals surface area contributed by atoms with Gasteiger partial charge >= 0.3 is 0 Å². The van der Waals surface area contributed by atoms with E-state index in [0.29, 0.717) is 5.82 Å². The van der Waals surface area contributed by atoms with Crippen LogP contribution in [0.1, 0.15) is 10.4 Å². The Bertz CT molecular complexity index is 591. The van der Waals surface area contributed by atoms with E-state index < -0.39 is 11.7 Å². The summed E-state index contributed by atoms with van der Waals surface area (Å²) in [6, 6.07) is 4.45. The van der Waals surface area contributed by atoms with E-state index in [9.17, 15) is 9.18 Å². The smallest absolute Gasteiger partial charge is 0.260 e. The quantitative estimate of drug-likeness (QED) is 0.646. The number of nitrogens with zero attached hydrogens (tertiary/aromatic N) is 2. The maximum Gasteiger partial charge on any atom is 0.260 e. The van der Waals surface area contributed by atoms with Crippen molar-refractivity contribution in [3.63, 3.8) is 0 Å². The number of halogens is 3. The molecule has 0 spiro atoms. The predicted molar refractivity (Wildman–Crippen MR) is 74.1 cm³/mol. The maximum absolute atomic E-state index is 13.0. The van der Waals surface area contributed by atoms with E-state index in [2.05, 4.69) is 37.9 Å². The third-order valence-corrected chi connectivity index (χ3v) is 2.96. The zero-order valence-electron chi connectivity index (χ0n) is 8.82. The van der Waals surface area contributed by atoms with Crippen LogP contribution < -0.4 is 5.32 Å². The van der Waals surface area contributed by atoms with E-state index in [0.717, 1.165) is 15.8 Å². The number of hydrogen-bond acceptors (Lipinski definition) is 3. The molecule has 0 saturated heterocycles. The second-order valence-electron chi connectivity index (χ2n) is 3.31. The summed E-state index contributed by atoms with van der Waals surface area (Å²) in [5, 5.41) is 2.45. The summed E-state index contributed by atoms with van der Waals surface area (Å²) in [6.07, 6.45) is 2.55. The van der Waals surface area contributed by atoms with Crippen LogP contribution in [0.2, 0.25) is 5.15 Å². The molecule has 0 unspecified atom stereocenters. The maximum atomic E-state index is 13.0. The first kappa shape index (κ1) is 13.2. The first-order valence-electron chi connectivity index (χ1n) is 4.80. The zero-order chi connectivity index (χ0) is 13.1. The van der Waals surface area contributed by atoms with Crippen molar-refractivity contribution in [3.8, 4) is 0 Å². The molecule has 1 N–H and O–H groups in total. The van der Waals surface area contributed by atoms with Gasteiger partial charge in [0.1, 0.15) is 16.8 Å². The molecule has 4 nitrogen and oxygen atoms in total. The highest BCUT2D eigenvalue weighted by atomic mass is 127. The average molecular weight is 378 g/mol. The lowest BCUT2D eigenvalue weighted by atomic mass is 10.2. The highest BCUT2D eigenvalue weighted by molar-refractivity contribution is 14.1. The number of anilines is 1. The molecule has 2 heterocycles. The van der Waals surface area contributed by atoms with Gasteiger partial charge in [-0.05, 0) is 40.8 Å². The molecule has 7 heteroatoms. The summed E-state index contributed by atoms with van der Waals surface area (Å²) >= 11 is 7.82. The van der Waals surface area contributed by atoms with Gasteiger partial charge in [0, 0.05) is 9.77 Å². The molecular formula is C11H6ClFIN3O. The van der Waals surface area contributed by atoms with Crippen LogP contribution in [0.3, 0.4) is 0 Å². The Balaban J connectivity index is 2.21. The van der Waals surface area contributed by atoms with Crippen molar-refractivity contribution in [2.24, 2.45) is 0 Å². The molecule has 18 heavy (non-hydrogen) atoms. The molecule has 92 valence electrons. The molecule has 1 amide bonds. The van der Waals surface area contributed by atoms with Crippen molar-refractivity contribution < 1.29 is 9.18 Å². The number of carbonyl (C=O) groups is 1. The molecule has 0 fully saturated rings. The standard InChI is InChI=1S/C11H6ClFIN3O/c12-10-8(3-6(13)4-16-10)11(18)17-9-2-1-7(14)5-15-9/h1-5H,(H,15,17,18). The van der Waals surface area contributed by atoms with Crippen LogP contribution in [0.5, 0.6) is 0 Å². The van der Waals surface area contributed by atoms with Gasteiger partial charge in [0.2, 0.25) is 0 Å². The minimum absolute atomic E-state index is 0.0305. The van der Waals surface area contributed by atoms with E-state index >= 15 is 0 Å². The van der Waals surface area contributed by atoms with Crippen molar-refractivity contribution in [1.82, 2.24) is 9.97 Å². The number of nitrogens with one attached hydrogen (secondary N) is 1. The molecule has 0 atom stereocenters. The molecule has 0 aliphatic rings. The van der Waals surface area contributed by atoms with Crippen molar-refractivity contribution in [1.29, 1.82) is 0 Å². The predicted octanol–water partition coefficient (Wildman–Crippen LogP) is 3.13. The Hall–Kier alpha value is -1.28. The molecule has 0 aromatic carbocycles. The van der Waals surface area contributed by atoms with Gasteiger partial charge in [0.25, 0.3) is 5.91 Å². The average Bonchev–Trinajstić information content (AvgIpc) is 2.35. The molecule has 0 radical (unpaired) electrons. The second kappa shape index (κ2) is 5.57. The molecule has 0 aliphatic carbocycles. The van der Waals surface area contributed by atoms with Crippen molar-refractivity contribution in [2.45, 2.75) is 0 Å². The van der Waals surface area contributed by atoms with Crippen molar-refractivity contribution >= 4 is 45.9 Å². The van der Waals surface area contributed by atoms with Gasteiger partial charge in [0.05, 0.1) is 11.8 Å². The van der Waals surface area contributed by atoms with Crippen molar-refractivity contribution in [3.05, 3.63) is 50.7 Å². The molecule has 0 bridgehead atoms. The van der Waals surface area contributed by atoms with Gasteiger partial charge < -0.3 is 5.32 Å². The third-order valence-electron chi connectivity index (χ3n) is 2.02. The second-order valence-corrected chi connectivity index (χ2v) is 4.91. The van der Waals surface area contributed by atoms with Gasteiger partial charge in [-0.15, -0.1) is 0 Å². The molecule has 0 saturated carbocycles. The largest absolute Gasteiger partial charge is 0.306 e. The summed E-state index contributed by atoms with van der Waals surface area (Å²) in [5.41, 5.74) is -0.0305. The number of rotatable bonds is 2. The van der Waals surface area contributed by atoms with E-state index in [-0.39, 0.29) is 10.7 Å². The number of carbonyl (C=O) groups excluding carboxylic acids is 1. The van der Waals surface area contributed by atoms with E-state index in [4.69, 9.17) is 11.6 Å². The van der Waals surface area contributed by atoms with Gasteiger partial charge in [-0.25, -0.2) is 14.4 Å². The van der Waals surface area contributed by atoms with Crippen LogP contribution in [-0.4, -0.2) is 15.9 Å². The lowest BCUT2D eigenvalue weighted by Gasteiger charge is -2.05.